The first-order chi connectivity index (χ1) is 11.4. The van der Waals surface area contributed by atoms with Crippen molar-refractivity contribution in [1.29, 1.82) is 0 Å². The largest absolute Gasteiger partial charge is 0.487 e. The van der Waals surface area contributed by atoms with Crippen molar-refractivity contribution in [3.05, 3.63) is 51.3 Å². The number of likely N-dealkylation sites (tertiary alicyclic amines) is 1. The molecule has 1 aliphatic rings. The molecule has 2 aromatic rings. The summed E-state index contributed by atoms with van der Waals surface area (Å²) >= 11 is 0. The SMILES string of the molecule is Cc1nn(C)c(C)c1C(=O)N1CC(Oc2ccc([N+](=O)[O-])cc2)C1. The number of hydrogen-bond donors (Lipinski definition) is 0. The van der Waals surface area contributed by atoms with E-state index in [9.17, 15) is 14.9 Å². The zero-order chi connectivity index (χ0) is 17.4. The van der Waals surface area contributed by atoms with E-state index in [1.54, 1.807) is 21.7 Å². The van der Waals surface area contributed by atoms with Gasteiger partial charge in [0.1, 0.15) is 11.9 Å². The zero-order valence-corrected chi connectivity index (χ0v) is 13.7. The van der Waals surface area contributed by atoms with Crippen LogP contribution in [0.5, 0.6) is 5.75 Å². The molecular formula is C16H18N4O4. The minimum absolute atomic E-state index is 0.0234. The van der Waals surface area contributed by atoms with Crippen LogP contribution in [0.1, 0.15) is 21.7 Å². The molecular weight excluding hydrogens is 312 g/mol. The Morgan fingerprint density at radius 2 is 1.92 bits per heavy atom. The van der Waals surface area contributed by atoms with Crippen LogP contribution in [0, 0.1) is 24.0 Å². The van der Waals surface area contributed by atoms with E-state index < -0.39 is 4.92 Å². The molecule has 0 unspecified atom stereocenters. The first-order valence-corrected chi connectivity index (χ1v) is 7.57. The lowest BCUT2D eigenvalue weighted by Crippen LogP contribution is -2.56. The molecule has 0 atom stereocenters. The summed E-state index contributed by atoms with van der Waals surface area (Å²) in [7, 11) is 1.82. The van der Waals surface area contributed by atoms with Gasteiger partial charge >= 0.3 is 0 Å². The van der Waals surface area contributed by atoms with Gasteiger partial charge in [-0.2, -0.15) is 5.10 Å². The number of rotatable bonds is 4. The third-order valence-electron chi connectivity index (χ3n) is 4.21. The van der Waals surface area contributed by atoms with Crippen LogP contribution in [0.25, 0.3) is 0 Å². The molecule has 1 fully saturated rings. The van der Waals surface area contributed by atoms with Crippen LogP contribution in [0.3, 0.4) is 0 Å². The quantitative estimate of drug-likeness (QED) is 0.630. The summed E-state index contributed by atoms with van der Waals surface area (Å²) in [4.78, 5) is 24.4. The van der Waals surface area contributed by atoms with Crippen molar-refractivity contribution in [2.24, 2.45) is 7.05 Å². The molecule has 8 nitrogen and oxygen atoms in total. The maximum atomic E-state index is 12.5. The molecule has 126 valence electrons. The highest BCUT2D eigenvalue weighted by molar-refractivity contribution is 5.97. The number of amides is 1. The summed E-state index contributed by atoms with van der Waals surface area (Å²) in [6, 6.07) is 5.94. The standard InChI is InChI=1S/C16H18N4O4/c1-10-15(11(2)18(3)17-10)16(21)19-8-14(9-19)24-13-6-4-12(5-7-13)20(22)23/h4-7,14H,8-9H2,1-3H3. The van der Waals surface area contributed by atoms with E-state index in [0.717, 1.165) is 11.4 Å². The Kier molecular flexibility index (Phi) is 3.96. The number of hydrogen-bond acceptors (Lipinski definition) is 5. The van der Waals surface area contributed by atoms with Crippen molar-refractivity contribution in [3.8, 4) is 5.75 Å². The smallest absolute Gasteiger partial charge is 0.269 e. The Morgan fingerprint density at radius 1 is 1.29 bits per heavy atom. The van der Waals surface area contributed by atoms with E-state index in [1.165, 1.54) is 12.1 Å². The molecule has 1 aromatic carbocycles. The molecule has 0 saturated carbocycles. The average Bonchev–Trinajstić information content (AvgIpc) is 2.75. The summed E-state index contributed by atoms with van der Waals surface area (Å²) < 4.78 is 7.43. The number of nitrogens with zero attached hydrogens (tertiary/aromatic N) is 4. The molecule has 24 heavy (non-hydrogen) atoms. The summed E-state index contributed by atoms with van der Waals surface area (Å²) in [6.45, 7) is 4.68. The first kappa shape index (κ1) is 16.0. The molecule has 1 aliphatic heterocycles. The van der Waals surface area contributed by atoms with Crippen molar-refractivity contribution in [3.63, 3.8) is 0 Å². The van der Waals surface area contributed by atoms with Gasteiger partial charge in [-0.05, 0) is 26.0 Å². The van der Waals surface area contributed by atoms with Gasteiger partial charge in [-0.3, -0.25) is 19.6 Å². The van der Waals surface area contributed by atoms with Crippen LogP contribution < -0.4 is 4.74 Å². The Hall–Kier alpha value is -2.90. The number of carbonyl (C=O) groups is 1. The second kappa shape index (κ2) is 5.95. The highest BCUT2D eigenvalue weighted by Crippen LogP contribution is 2.23. The molecule has 2 heterocycles. The topological polar surface area (TPSA) is 90.5 Å². The van der Waals surface area contributed by atoms with Crippen molar-refractivity contribution in [1.82, 2.24) is 14.7 Å². The van der Waals surface area contributed by atoms with Crippen molar-refractivity contribution in [2.45, 2.75) is 20.0 Å². The molecule has 8 heteroatoms. The number of aromatic nitrogens is 2. The second-order valence-corrected chi connectivity index (χ2v) is 5.87. The van der Waals surface area contributed by atoms with E-state index >= 15 is 0 Å². The number of benzene rings is 1. The van der Waals surface area contributed by atoms with Crippen LogP contribution in [0.2, 0.25) is 0 Å². The van der Waals surface area contributed by atoms with Gasteiger partial charge < -0.3 is 9.64 Å². The van der Waals surface area contributed by atoms with Gasteiger partial charge in [0, 0.05) is 24.9 Å². The Balaban J connectivity index is 1.59. The van der Waals surface area contributed by atoms with Gasteiger partial charge in [-0.15, -0.1) is 0 Å². The van der Waals surface area contributed by atoms with E-state index in [0.29, 0.717) is 24.4 Å². The van der Waals surface area contributed by atoms with Crippen LogP contribution in [0.15, 0.2) is 24.3 Å². The first-order valence-electron chi connectivity index (χ1n) is 7.57. The Labute approximate surface area is 138 Å². The number of carbonyl (C=O) groups excluding carboxylic acids is 1. The summed E-state index contributed by atoms with van der Waals surface area (Å²) in [6.07, 6.45) is -0.104. The molecule has 1 aromatic heterocycles. The number of nitro benzene ring substituents is 1. The Bertz CT molecular complexity index is 791. The van der Waals surface area contributed by atoms with E-state index in [1.807, 2.05) is 20.9 Å². The zero-order valence-electron chi connectivity index (χ0n) is 13.7. The summed E-state index contributed by atoms with van der Waals surface area (Å²) in [5.41, 5.74) is 2.23. The van der Waals surface area contributed by atoms with Crippen LogP contribution in [0.4, 0.5) is 5.69 Å². The van der Waals surface area contributed by atoms with Gasteiger partial charge in [-0.25, -0.2) is 0 Å². The third-order valence-corrected chi connectivity index (χ3v) is 4.21. The second-order valence-electron chi connectivity index (χ2n) is 5.87. The predicted molar refractivity (Wildman–Crippen MR) is 86.1 cm³/mol. The predicted octanol–water partition coefficient (Wildman–Crippen LogP) is 1.85. The summed E-state index contributed by atoms with van der Waals surface area (Å²) in [5.74, 6) is 0.521. The van der Waals surface area contributed by atoms with Gasteiger partial charge in [-0.1, -0.05) is 0 Å². The number of non-ortho nitro benzene ring substituents is 1. The normalized spacial score (nSPS) is 14.4. The van der Waals surface area contributed by atoms with Crippen molar-refractivity contribution >= 4 is 11.6 Å². The minimum Gasteiger partial charge on any atom is -0.487 e. The molecule has 0 N–H and O–H groups in total. The molecule has 0 spiro atoms. The number of nitro groups is 1. The summed E-state index contributed by atoms with van der Waals surface area (Å²) in [5, 5.41) is 14.9. The lowest BCUT2D eigenvalue weighted by atomic mass is 10.1. The number of ether oxygens (including phenoxy) is 1. The highest BCUT2D eigenvalue weighted by atomic mass is 16.6. The van der Waals surface area contributed by atoms with Gasteiger partial charge in [0.15, 0.2) is 0 Å². The molecule has 3 rings (SSSR count). The lowest BCUT2D eigenvalue weighted by Gasteiger charge is -2.39. The van der Waals surface area contributed by atoms with Gasteiger partial charge in [0.25, 0.3) is 11.6 Å². The fourth-order valence-corrected chi connectivity index (χ4v) is 2.76. The maximum Gasteiger partial charge on any atom is 0.269 e. The molecule has 0 aliphatic carbocycles. The van der Waals surface area contributed by atoms with E-state index in [4.69, 9.17) is 4.74 Å². The third kappa shape index (κ3) is 2.82. The van der Waals surface area contributed by atoms with E-state index in [-0.39, 0.29) is 17.7 Å². The fraction of sp³-hybridized carbons (Fsp3) is 0.375. The molecule has 1 amide bonds. The van der Waals surface area contributed by atoms with E-state index in [2.05, 4.69) is 5.10 Å². The van der Waals surface area contributed by atoms with Gasteiger partial charge in [0.2, 0.25) is 0 Å². The van der Waals surface area contributed by atoms with Crippen LogP contribution in [-0.4, -0.2) is 44.7 Å². The monoisotopic (exact) mass is 330 g/mol. The highest BCUT2D eigenvalue weighted by Gasteiger charge is 2.35. The Morgan fingerprint density at radius 3 is 2.42 bits per heavy atom. The van der Waals surface area contributed by atoms with Crippen LogP contribution >= 0.6 is 0 Å². The lowest BCUT2D eigenvalue weighted by molar-refractivity contribution is -0.384. The average molecular weight is 330 g/mol. The maximum absolute atomic E-state index is 12.5. The van der Waals surface area contributed by atoms with Crippen molar-refractivity contribution in [2.75, 3.05) is 13.1 Å². The number of aryl methyl sites for hydroxylation is 2. The molecule has 0 bridgehead atoms. The molecule has 1 saturated heterocycles. The fourth-order valence-electron chi connectivity index (χ4n) is 2.76. The van der Waals surface area contributed by atoms with Gasteiger partial charge in [0.05, 0.1) is 29.3 Å². The minimum atomic E-state index is -0.452. The molecule has 0 radical (unpaired) electrons. The van der Waals surface area contributed by atoms with Crippen LogP contribution in [-0.2, 0) is 7.05 Å². The van der Waals surface area contributed by atoms with Crippen molar-refractivity contribution < 1.29 is 14.5 Å².